The smallest absolute Gasteiger partial charge is 0.247 e. The predicted molar refractivity (Wildman–Crippen MR) is 95.4 cm³/mol. The van der Waals surface area contributed by atoms with Crippen LogP contribution in [-0.2, 0) is 9.47 Å². The lowest BCUT2D eigenvalue weighted by atomic mass is 10.0. The molecule has 2 aliphatic rings. The Balaban J connectivity index is 1.47. The summed E-state index contributed by atoms with van der Waals surface area (Å²) in [4.78, 5) is 6.70. The molecule has 3 heterocycles. The van der Waals surface area contributed by atoms with Crippen LogP contribution in [-0.4, -0.2) is 47.3 Å². The van der Waals surface area contributed by atoms with E-state index in [2.05, 4.69) is 25.4 Å². The molecule has 7 nitrogen and oxygen atoms in total. The Morgan fingerprint density at radius 1 is 1.20 bits per heavy atom. The van der Waals surface area contributed by atoms with E-state index < -0.39 is 5.79 Å². The maximum atomic E-state index is 6.17. The summed E-state index contributed by atoms with van der Waals surface area (Å²) in [5, 5.41) is 12.2. The minimum absolute atomic E-state index is 0.405. The SMILES string of the molecule is Cc1c(Cl)cccc1Nc1cnnc(N2CCC3(CC2)OCCO3)n1. The highest BCUT2D eigenvalue weighted by atomic mass is 35.5. The van der Waals surface area contributed by atoms with Crippen molar-refractivity contribution in [3.63, 3.8) is 0 Å². The first-order chi connectivity index (χ1) is 12.2. The third kappa shape index (κ3) is 3.40. The van der Waals surface area contributed by atoms with Crippen LogP contribution < -0.4 is 10.2 Å². The zero-order chi connectivity index (χ0) is 17.3. The first-order valence-corrected chi connectivity index (χ1v) is 8.78. The first-order valence-electron chi connectivity index (χ1n) is 8.40. The maximum Gasteiger partial charge on any atom is 0.247 e. The Hall–Kier alpha value is -1.96. The molecule has 8 heteroatoms. The number of benzene rings is 1. The van der Waals surface area contributed by atoms with Crippen LogP contribution in [0.5, 0.6) is 0 Å². The van der Waals surface area contributed by atoms with Crippen LogP contribution >= 0.6 is 11.6 Å². The molecule has 1 N–H and O–H groups in total. The van der Waals surface area contributed by atoms with Crippen LogP contribution in [0.1, 0.15) is 18.4 Å². The van der Waals surface area contributed by atoms with E-state index in [-0.39, 0.29) is 0 Å². The molecule has 2 aromatic rings. The van der Waals surface area contributed by atoms with Gasteiger partial charge in [0.15, 0.2) is 11.6 Å². The van der Waals surface area contributed by atoms with Gasteiger partial charge < -0.3 is 19.7 Å². The minimum Gasteiger partial charge on any atom is -0.347 e. The highest BCUT2D eigenvalue weighted by Crippen LogP contribution is 2.32. The molecule has 4 rings (SSSR count). The van der Waals surface area contributed by atoms with E-state index in [4.69, 9.17) is 21.1 Å². The average molecular weight is 362 g/mol. The molecule has 0 atom stereocenters. The Morgan fingerprint density at radius 2 is 1.96 bits per heavy atom. The zero-order valence-electron chi connectivity index (χ0n) is 14.0. The van der Waals surface area contributed by atoms with E-state index in [0.29, 0.717) is 30.0 Å². The molecule has 25 heavy (non-hydrogen) atoms. The summed E-state index contributed by atoms with van der Waals surface area (Å²) in [7, 11) is 0. The highest BCUT2D eigenvalue weighted by molar-refractivity contribution is 6.31. The Labute approximate surface area is 151 Å². The predicted octanol–water partition coefficient (Wildman–Crippen LogP) is 2.92. The van der Waals surface area contributed by atoms with Gasteiger partial charge in [0.05, 0.1) is 19.4 Å². The number of piperidine rings is 1. The number of nitrogens with zero attached hydrogens (tertiary/aromatic N) is 4. The monoisotopic (exact) mass is 361 g/mol. The fraction of sp³-hybridized carbons (Fsp3) is 0.471. The van der Waals surface area contributed by atoms with Gasteiger partial charge in [0.25, 0.3) is 0 Å². The van der Waals surface area contributed by atoms with Gasteiger partial charge in [-0.2, -0.15) is 10.1 Å². The molecule has 1 aromatic carbocycles. The molecule has 2 saturated heterocycles. The third-order valence-corrected chi connectivity index (χ3v) is 5.11. The van der Waals surface area contributed by atoms with Gasteiger partial charge in [-0.15, -0.1) is 5.10 Å². The second-order valence-electron chi connectivity index (χ2n) is 6.27. The van der Waals surface area contributed by atoms with Gasteiger partial charge in [-0.1, -0.05) is 17.7 Å². The number of nitrogens with one attached hydrogen (secondary N) is 1. The number of halogens is 1. The van der Waals surface area contributed by atoms with Crippen molar-refractivity contribution in [3.8, 4) is 0 Å². The van der Waals surface area contributed by atoms with Crippen molar-refractivity contribution in [1.82, 2.24) is 15.2 Å². The van der Waals surface area contributed by atoms with E-state index >= 15 is 0 Å². The lowest BCUT2D eigenvalue weighted by Gasteiger charge is -2.37. The summed E-state index contributed by atoms with van der Waals surface area (Å²) in [6, 6.07) is 5.73. The fourth-order valence-electron chi connectivity index (χ4n) is 3.20. The zero-order valence-corrected chi connectivity index (χ0v) is 14.8. The second-order valence-corrected chi connectivity index (χ2v) is 6.68. The molecular formula is C17H20ClN5O2. The lowest BCUT2D eigenvalue weighted by Crippen LogP contribution is -2.45. The van der Waals surface area contributed by atoms with E-state index in [1.165, 1.54) is 0 Å². The molecule has 2 aliphatic heterocycles. The summed E-state index contributed by atoms with van der Waals surface area (Å²) in [6.07, 6.45) is 3.22. The summed E-state index contributed by atoms with van der Waals surface area (Å²) >= 11 is 6.17. The van der Waals surface area contributed by atoms with Crippen molar-refractivity contribution >= 4 is 29.1 Å². The quantitative estimate of drug-likeness (QED) is 0.901. The van der Waals surface area contributed by atoms with Gasteiger partial charge in [0.1, 0.15) is 0 Å². The van der Waals surface area contributed by atoms with Crippen molar-refractivity contribution in [2.24, 2.45) is 0 Å². The molecule has 132 valence electrons. The molecule has 0 unspecified atom stereocenters. The van der Waals surface area contributed by atoms with Gasteiger partial charge in [-0.3, -0.25) is 0 Å². The molecule has 0 aliphatic carbocycles. The minimum atomic E-state index is -0.405. The first kappa shape index (κ1) is 16.5. The number of rotatable bonds is 3. The largest absolute Gasteiger partial charge is 0.347 e. The van der Waals surface area contributed by atoms with E-state index in [1.807, 2.05) is 25.1 Å². The van der Waals surface area contributed by atoms with Gasteiger partial charge in [0.2, 0.25) is 5.95 Å². The molecule has 0 radical (unpaired) electrons. The van der Waals surface area contributed by atoms with Gasteiger partial charge in [-0.25, -0.2) is 0 Å². The second kappa shape index (κ2) is 6.74. The summed E-state index contributed by atoms with van der Waals surface area (Å²) in [5.41, 5.74) is 1.88. The van der Waals surface area contributed by atoms with Crippen LogP contribution in [0.15, 0.2) is 24.4 Å². The third-order valence-electron chi connectivity index (χ3n) is 4.70. The van der Waals surface area contributed by atoms with Crippen molar-refractivity contribution < 1.29 is 9.47 Å². The number of anilines is 3. The lowest BCUT2D eigenvalue weighted by molar-refractivity contribution is -0.169. The fourth-order valence-corrected chi connectivity index (χ4v) is 3.38. The molecule has 1 spiro atoms. The van der Waals surface area contributed by atoms with E-state index in [9.17, 15) is 0 Å². The van der Waals surface area contributed by atoms with Gasteiger partial charge in [0, 0.05) is 36.6 Å². The molecule has 0 amide bonds. The van der Waals surface area contributed by atoms with Crippen molar-refractivity contribution in [2.75, 3.05) is 36.5 Å². The van der Waals surface area contributed by atoms with Gasteiger partial charge >= 0.3 is 0 Å². The molecular weight excluding hydrogens is 342 g/mol. The number of aromatic nitrogens is 3. The van der Waals surface area contributed by atoms with E-state index in [1.54, 1.807) is 6.20 Å². The van der Waals surface area contributed by atoms with Crippen LogP contribution in [0.25, 0.3) is 0 Å². The average Bonchev–Trinajstić information content (AvgIpc) is 3.08. The van der Waals surface area contributed by atoms with Gasteiger partial charge in [-0.05, 0) is 24.6 Å². The van der Waals surface area contributed by atoms with E-state index in [0.717, 1.165) is 37.2 Å². The van der Waals surface area contributed by atoms with Crippen LogP contribution in [0.2, 0.25) is 5.02 Å². The standard InChI is InChI=1S/C17H20ClN5O2/c1-12-13(18)3-2-4-14(12)20-15-11-19-22-16(21-15)23-7-5-17(6-8-23)24-9-10-25-17/h2-4,11H,5-10H2,1H3,(H,20,21,22). The van der Waals surface area contributed by atoms with Crippen LogP contribution in [0.3, 0.4) is 0 Å². The maximum absolute atomic E-state index is 6.17. The van der Waals surface area contributed by atoms with Crippen molar-refractivity contribution in [2.45, 2.75) is 25.6 Å². The van der Waals surface area contributed by atoms with Crippen molar-refractivity contribution in [3.05, 3.63) is 35.0 Å². The number of ether oxygens (including phenoxy) is 2. The van der Waals surface area contributed by atoms with Crippen LogP contribution in [0, 0.1) is 6.92 Å². The summed E-state index contributed by atoms with van der Waals surface area (Å²) in [6.45, 7) is 4.88. The van der Waals surface area contributed by atoms with Crippen molar-refractivity contribution in [1.29, 1.82) is 0 Å². The Bertz CT molecular complexity index is 756. The highest BCUT2D eigenvalue weighted by Gasteiger charge is 2.40. The Kier molecular flexibility index (Phi) is 4.45. The summed E-state index contributed by atoms with van der Waals surface area (Å²) in [5.74, 6) is 0.846. The summed E-state index contributed by atoms with van der Waals surface area (Å²) < 4.78 is 11.5. The number of hydrogen-bond donors (Lipinski definition) is 1. The molecule has 0 bridgehead atoms. The normalized spacial score (nSPS) is 19.4. The number of hydrogen-bond acceptors (Lipinski definition) is 7. The molecule has 2 fully saturated rings. The van der Waals surface area contributed by atoms with Crippen LogP contribution in [0.4, 0.5) is 17.5 Å². The topological polar surface area (TPSA) is 72.4 Å². The molecule has 0 saturated carbocycles. The molecule has 1 aromatic heterocycles. The Morgan fingerprint density at radius 3 is 2.72 bits per heavy atom.